The van der Waals surface area contributed by atoms with Crippen molar-refractivity contribution in [1.82, 2.24) is 10.3 Å². The number of aromatic nitrogens is 1. The number of carbonyl (C=O) groups is 2. The smallest absolute Gasteiger partial charge is 0.251 e. The molecule has 30 heavy (non-hydrogen) atoms. The number of hydrogen-bond donors (Lipinski definition) is 2. The average Bonchev–Trinajstić information content (AvgIpc) is 3.22. The molecule has 2 amide bonds. The van der Waals surface area contributed by atoms with Crippen molar-refractivity contribution in [3.05, 3.63) is 84.4 Å². The zero-order chi connectivity index (χ0) is 20.8. The number of carbonyl (C=O) groups excluding carboxylic acids is 2. The number of nitrogens with one attached hydrogen (secondary N) is 2. The molecule has 2 N–H and O–H groups in total. The monoisotopic (exact) mass is 399 g/mol. The second-order valence-corrected chi connectivity index (χ2v) is 6.84. The van der Waals surface area contributed by atoms with Gasteiger partial charge in [-0.05, 0) is 55.0 Å². The number of rotatable bonds is 7. The predicted octanol–water partition coefficient (Wildman–Crippen LogP) is 4.64. The molecule has 6 heteroatoms. The van der Waals surface area contributed by atoms with Crippen LogP contribution in [0.4, 0.5) is 5.69 Å². The fourth-order valence-electron chi connectivity index (χ4n) is 3.06. The Bertz CT molecular complexity index is 1120. The second kappa shape index (κ2) is 9.05. The van der Waals surface area contributed by atoms with Crippen LogP contribution in [0.25, 0.3) is 22.6 Å². The molecule has 3 aromatic carbocycles. The summed E-state index contributed by atoms with van der Waals surface area (Å²) in [4.78, 5) is 28.6. The van der Waals surface area contributed by atoms with Gasteiger partial charge in [-0.25, -0.2) is 4.98 Å². The molecule has 150 valence electrons. The van der Waals surface area contributed by atoms with Crippen LogP contribution in [0.15, 0.2) is 83.3 Å². The average molecular weight is 399 g/mol. The van der Waals surface area contributed by atoms with E-state index in [2.05, 4.69) is 15.6 Å². The van der Waals surface area contributed by atoms with Gasteiger partial charge in [-0.2, -0.15) is 0 Å². The normalized spacial score (nSPS) is 10.7. The summed E-state index contributed by atoms with van der Waals surface area (Å²) in [6.07, 6.45) is 0.882. The Kier molecular flexibility index (Phi) is 5.85. The molecule has 0 aliphatic rings. The van der Waals surface area contributed by atoms with Crippen LogP contribution in [0.3, 0.4) is 0 Å². The highest BCUT2D eigenvalue weighted by atomic mass is 16.3. The number of oxazole rings is 1. The molecule has 1 aromatic heterocycles. The van der Waals surface area contributed by atoms with E-state index in [1.807, 2.05) is 66.7 Å². The molecule has 4 rings (SSSR count). The minimum atomic E-state index is -0.134. The molecule has 0 saturated carbocycles. The van der Waals surface area contributed by atoms with Gasteiger partial charge < -0.3 is 15.1 Å². The third-order valence-electron chi connectivity index (χ3n) is 4.61. The number of benzene rings is 3. The van der Waals surface area contributed by atoms with Crippen molar-refractivity contribution in [1.29, 1.82) is 0 Å². The van der Waals surface area contributed by atoms with Crippen molar-refractivity contribution < 1.29 is 14.0 Å². The lowest BCUT2D eigenvalue weighted by atomic mass is 10.2. The molecule has 0 fully saturated rings. The number of nitrogens with zero attached hydrogens (tertiary/aromatic N) is 1. The highest BCUT2D eigenvalue weighted by molar-refractivity contribution is 5.94. The first-order valence-electron chi connectivity index (χ1n) is 9.78. The van der Waals surface area contributed by atoms with E-state index in [9.17, 15) is 9.59 Å². The summed E-state index contributed by atoms with van der Waals surface area (Å²) in [5.74, 6) is 0.313. The van der Waals surface area contributed by atoms with E-state index in [1.54, 1.807) is 12.1 Å². The molecule has 0 aliphatic carbocycles. The van der Waals surface area contributed by atoms with Gasteiger partial charge in [-0.1, -0.05) is 30.3 Å². The van der Waals surface area contributed by atoms with Gasteiger partial charge in [0.1, 0.15) is 5.52 Å². The lowest BCUT2D eigenvalue weighted by Gasteiger charge is -2.07. The summed E-state index contributed by atoms with van der Waals surface area (Å²) in [5.41, 5.74) is 3.70. The lowest BCUT2D eigenvalue weighted by Crippen LogP contribution is -2.25. The van der Waals surface area contributed by atoms with Crippen LogP contribution >= 0.6 is 0 Å². The molecule has 4 aromatic rings. The van der Waals surface area contributed by atoms with Crippen molar-refractivity contribution in [3.63, 3.8) is 0 Å². The summed E-state index contributed by atoms with van der Waals surface area (Å²) in [6, 6.07) is 24.0. The van der Waals surface area contributed by atoms with E-state index >= 15 is 0 Å². The van der Waals surface area contributed by atoms with Gasteiger partial charge in [0.05, 0.1) is 0 Å². The van der Waals surface area contributed by atoms with Crippen LogP contribution in [0.1, 0.15) is 23.2 Å². The van der Waals surface area contributed by atoms with E-state index in [0.717, 1.165) is 16.7 Å². The molecule has 0 spiro atoms. The Labute approximate surface area is 173 Å². The van der Waals surface area contributed by atoms with Crippen molar-refractivity contribution >= 4 is 28.6 Å². The zero-order valence-corrected chi connectivity index (χ0v) is 16.3. The fraction of sp³-hybridized carbons (Fsp3) is 0.125. The van der Waals surface area contributed by atoms with Crippen LogP contribution in [-0.4, -0.2) is 23.3 Å². The zero-order valence-electron chi connectivity index (χ0n) is 16.3. The van der Waals surface area contributed by atoms with Crippen LogP contribution in [0, 0.1) is 0 Å². The van der Waals surface area contributed by atoms with Crippen LogP contribution in [0.2, 0.25) is 0 Å². The van der Waals surface area contributed by atoms with Gasteiger partial charge in [0.15, 0.2) is 5.58 Å². The Morgan fingerprint density at radius 2 is 1.60 bits per heavy atom. The quantitative estimate of drug-likeness (QED) is 0.443. The summed E-state index contributed by atoms with van der Waals surface area (Å²) >= 11 is 0. The molecule has 0 atom stereocenters. The van der Waals surface area contributed by atoms with Gasteiger partial charge in [-0.3, -0.25) is 9.59 Å². The first kappa shape index (κ1) is 19.4. The Morgan fingerprint density at radius 3 is 2.37 bits per heavy atom. The van der Waals surface area contributed by atoms with Gasteiger partial charge in [0.2, 0.25) is 11.8 Å². The number of fused-ring (bicyclic) bond motifs is 1. The summed E-state index contributed by atoms with van der Waals surface area (Å²) < 4.78 is 5.76. The van der Waals surface area contributed by atoms with Crippen molar-refractivity contribution in [2.24, 2.45) is 0 Å². The molecule has 6 nitrogen and oxygen atoms in total. The Balaban J connectivity index is 1.25. The van der Waals surface area contributed by atoms with E-state index in [-0.39, 0.29) is 11.8 Å². The van der Waals surface area contributed by atoms with Gasteiger partial charge in [0, 0.05) is 29.8 Å². The maximum Gasteiger partial charge on any atom is 0.251 e. The van der Waals surface area contributed by atoms with E-state index in [4.69, 9.17) is 4.42 Å². The number of para-hydroxylation sites is 2. The largest absolute Gasteiger partial charge is 0.436 e. The highest BCUT2D eigenvalue weighted by Gasteiger charge is 2.09. The second-order valence-electron chi connectivity index (χ2n) is 6.84. The molecule has 1 heterocycles. The van der Waals surface area contributed by atoms with Crippen LogP contribution in [-0.2, 0) is 4.79 Å². The minimum absolute atomic E-state index is 0.0985. The summed E-state index contributed by atoms with van der Waals surface area (Å²) in [7, 11) is 0. The topological polar surface area (TPSA) is 84.2 Å². The van der Waals surface area contributed by atoms with E-state index in [1.165, 1.54) is 0 Å². The minimum Gasteiger partial charge on any atom is -0.436 e. The van der Waals surface area contributed by atoms with Crippen molar-refractivity contribution in [2.45, 2.75) is 12.8 Å². The standard InChI is InChI=1S/C24H21N3O3/c28-22(11-6-16-25-23(29)17-7-2-1-3-8-17)26-19-14-12-18(13-15-19)24-27-20-9-4-5-10-21(20)30-24/h1-5,7-10,12-15H,6,11,16H2,(H,25,29)(H,26,28). The van der Waals surface area contributed by atoms with Gasteiger partial charge in [0.25, 0.3) is 5.91 Å². The van der Waals surface area contributed by atoms with Crippen LogP contribution in [0.5, 0.6) is 0 Å². The number of anilines is 1. The van der Waals surface area contributed by atoms with E-state index < -0.39 is 0 Å². The first-order chi connectivity index (χ1) is 14.7. The molecular weight excluding hydrogens is 378 g/mol. The molecule has 0 saturated heterocycles. The SMILES string of the molecule is O=C(CCCNC(=O)c1ccccc1)Nc1ccc(-c2nc3ccccc3o2)cc1. The van der Waals surface area contributed by atoms with Gasteiger partial charge >= 0.3 is 0 Å². The molecular formula is C24H21N3O3. The first-order valence-corrected chi connectivity index (χ1v) is 9.78. The van der Waals surface area contributed by atoms with E-state index in [0.29, 0.717) is 36.5 Å². The predicted molar refractivity (Wildman–Crippen MR) is 116 cm³/mol. The highest BCUT2D eigenvalue weighted by Crippen LogP contribution is 2.25. The maximum atomic E-state index is 12.1. The molecule has 0 bridgehead atoms. The maximum absolute atomic E-state index is 12.1. The van der Waals surface area contributed by atoms with Gasteiger partial charge in [-0.15, -0.1) is 0 Å². The molecule has 0 aliphatic heterocycles. The van der Waals surface area contributed by atoms with Crippen molar-refractivity contribution in [3.8, 4) is 11.5 Å². The van der Waals surface area contributed by atoms with Crippen LogP contribution < -0.4 is 10.6 Å². The number of hydrogen-bond acceptors (Lipinski definition) is 4. The summed E-state index contributed by atoms with van der Waals surface area (Å²) in [6.45, 7) is 0.442. The summed E-state index contributed by atoms with van der Waals surface area (Å²) in [5, 5.41) is 5.68. The lowest BCUT2D eigenvalue weighted by molar-refractivity contribution is -0.116. The Hall–Kier alpha value is -3.93. The fourth-order valence-corrected chi connectivity index (χ4v) is 3.06. The third-order valence-corrected chi connectivity index (χ3v) is 4.61. The molecule has 0 unspecified atom stereocenters. The third kappa shape index (κ3) is 4.72. The number of amides is 2. The Morgan fingerprint density at radius 1 is 0.867 bits per heavy atom. The molecule has 0 radical (unpaired) electrons. The van der Waals surface area contributed by atoms with Crippen molar-refractivity contribution in [2.75, 3.05) is 11.9 Å².